The van der Waals surface area contributed by atoms with Crippen molar-refractivity contribution in [3.63, 3.8) is 0 Å². The fourth-order valence-corrected chi connectivity index (χ4v) is 4.63. The normalized spacial score (nSPS) is 30.0. The van der Waals surface area contributed by atoms with E-state index in [0.29, 0.717) is 6.04 Å². The van der Waals surface area contributed by atoms with Crippen molar-refractivity contribution in [2.75, 3.05) is 26.2 Å². The molecule has 122 valence electrons. The van der Waals surface area contributed by atoms with Gasteiger partial charge in [-0.15, -0.1) is 11.3 Å². The average molecular weight is 322 g/mol. The van der Waals surface area contributed by atoms with Crippen LogP contribution in [-0.4, -0.2) is 60.1 Å². The first kappa shape index (κ1) is 16.0. The first-order valence-corrected chi connectivity index (χ1v) is 9.15. The maximum absolute atomic E-state index is 12.8. The van der Waals surface area contributed by atoms with Crippen LogP contribution in [0.5, 0.6) is 0 Å². The molecule has 3 heterocycles. The van der Waals surface area contributed by atoms with Gasteiger partial charge in [0.15, 0.2) is 0 Å². The fourth-order valence-electron chi connectivity index (χ4n) is 3.75. The van der Waals surface area contributed by atoms with Gasteiger partial charge in [-0.2, -0.15) is 0 Å². The quantitative estimate of drug-likeness (QED) is 0.858. The van der Waals surface area contributed by atoms with Crippen molar-refractivity contribution in [3.05, 3.63) is 21.9 Å². The summed E-state index contributed by atoms with van der Waals surface area (Å²) >= 11 is 1.57. The van der Waals surface area contributed by atoms with Crippen LogP contribution in [0.1, 0.15) is 41.9 Å². The first-order valence-electron chi connectivity index (χ1n) is 8.27. The van der Waals surface area contributed by atoms with Gasteiger partial charge in [0.05, 0.1) is 17.1 Å². The Bertz CT molecular complexity index is 520. The van der Waals surface area contributed by atoms with Crippen LogP contribution in [0.4, 0.5) is 0 Å². The van der Waals surface area contributed by atoms with Gasteiger partial charge in [-0.05, 0) is 50.6 Å². The standard InChI is InChI=1S/C17H26N2O2S/c1-12-6-8-22-16(12)17(20)19-7-4-5-15(19)11-18-9-13(2)21-14(3)10-18/h6,8,13-15H,4-5,7,9-11H2,1-3H3/t13-,14+,15-/m0/s1. The Labute approximate surface area is 137 Å². The van der Waals surface area contributed by atoms with Crippen LogP contribution in [0.2, 0.25) is 0 Å². The van der Waals surface area contributed by atoms with Gasteiger partial charge in [0.2, 0.25) is 0 Å². The van der Waals surface area contributed by atoms with E-state index in [0.717, 1.165) is 49.5 Å². The van der Waals surface area contributed by atoms with Crippen LogP contribution in [-0.2, 0) is 4.74 Å². The molecule has 3 rings (SSSR count). The lowest BCUT2D eigenvalue weighted by Crippen LogP contribution is -2.50. The number of aryl methyl sites for hydroxylation is 1. The molecule has 0 bridgehead atoms. The molecule has 1 aromatic heterocycles. The minimum Gasteiger partial charge on any atom is -0.373 e. The monoisotopic (exact) mass is 322 g/mol. The molecule has 2 aliphatic rings. The van der Waals surface area contributed by atoms with Crippen molar-refractivity contribution >= 4 is 17.2 Å². The second kappa shape index (κ2) is 6.69. The summed E-state index contributed by atoms with van der Waals surface area (Å²) in [6, 6.07) is 2.39. The van der Waals surface area contributed by atoms with Gasteiger partial charge in [-0.1, -0.05) is 0 Å². The number of hydrogen-bond acceptors (Lipinski definition) is 4. The molecule has 4 nitrogen and oxygen atoms in total. The Kier molecular flexibility index (Phi) is 4.85. The Hall–Kier alpha value is -0.910. The predicted molar refractivity (Wildman–Crippen MR) is 89.6 cm³/mol. The van der Waals surface area contributed by atoms with Crippen molar-refractivity contribution < 1.29 is 9.53 Å². The van der Waals surface area contributed by atoms with Crippen LogP contribution >= 0.6 is 11.3 Å². The molecular weight excluding hydrogens is 296 g/mol. The second-order valence-corrected chi connectivity index (χ2v) is 7.62. The van der Waals surface area contributed by atoms with Gasteiger partial charge >= 0.3 is 0 Å². The zero-order valence-corrected chi connectivity index (χ0v) is 14.6. The zero-order chi connectivity index (χ0) is 15.7. The first-order chi connectivity index (χ1) is 10.5. The Morgan fingerprint density at radius 1 is 1.36 bits per heavy atom. The summed E-state index contributed by atoms with van der Waals surface area (Å²) in [5.41, 5.74) is 1.11. The van der Waals surface area contributed by atoms with Gasteiger partial charge in [0.25, 0.3) is 5.91 Å². The molecule has 0 aliphatic carbocycles. The minimum absolute atomic E-state index is 0.226. The van der Waals surface area contributed by atoms with Gasteiger partial charge in [0, 0.05) is 32.2 Å². The van der Waals surface area contributed by atoms with Crippen molar-refractivity contribution in [2.24, 2.45) is 0 Å². The molecule has 2 fully saturated rings. The largest absolute Gasteiger partial charge is 0.373 e. The number of morpholine rings is 1. The van der Waals surface area contributed by atoms with Crippen molar-refractivity contribution in [1.82, 2.24) is 9.80 Å². The number of nitrogens with zero attached hydrogens (tertiary/aromatic N) is 2. The maximum Gasteiger partial charge on any atom is 0.264 e. The lowest BCUT2D eigenvalue weighted by Gasteiger charge is -2.38. The smallest absolute Gasteiger partial charge is 0.264 e. The number of amides is 1. The summed E-state index contributed by atoms with van der Waals surface area (Å²) in [6.07, 6.45) is 2.81. The van der Waals surface area contributed by atoms with Crippen molar-refractivity contribution in [1.29, 1.82) is 0 Å². The van der Waals surface area contributed by atoms with E-state index in [2.05, 4.69) is 23.6 Å². The summed E-state index contributed by atoms with van der Waals surface area (Å²) in [4.78, 5) is 18.3. The lowest BCUT2D eigenvalue weighted by atomic mass is 10.1. The minimum atomic E-state index is 0.226. The van der Waals surface area contributed by atoms with Crippen LogP contribution < -0.4 is 0 Å². The van der Waals surface area contributed by atoms with Crippen molar-refractivity contribution in [2.45, 2.75) is 51.9 Å². The number of rotatable bonds is 3. The van der Waals surface area contributed by atoms with Crippen LogP contribution in [0.25, 0.3) is 0 Å². The zero-order valence-electron chi connectivity index (χ0n) is 13.7. The molecule has 3 atom stereocenters. The highest BCUT2D eigenvalue weighted by molar-refractivity contribution is 7.12. The van der Waals surface area contributed by atoms with Gasteiger partial charge in [-0.3, -0.25) is 9.69 Å². The highest BCUT2D eigenvalue weighted by Crippen LogP contribution is 2.25. The predicted octanol–water partition coefficient (Wildman–Crippen LogP) is 2.77. The number of thiophene rings is 1. The van der Waals surface area contributed by atoms with E-state index in [1.54, 1.807) is 11.3 Å². The molecule has 0 N–H and O–H groups in total. The lowest BCUT2D eigenvalue weighted by molar-refractivity contribution is -0.0715. The molecule has 0 spiro atoms. The molecule has 22 heavy (non-hydrogen) atoms. The summed E-state index contributed by atoms with van der Waals surface area (Å²) in [5.74, 6) is 0.226. The van der Waals surface area contributed by atoms with E-state index in [4.69, 9.17) is 4.74 Å². The molecular formula is C17H26N2O2S. The topological polar surface area (TPSA) is 32.8 Å². The summed E-state index contributed by atoms with van der Waals surface area (Å²) in [7, 11) is 0. The van der Waals surface area contributed by atoms with E-state index in [-0.39, 0.29) is 18.1 Å². The molecule has 0 saturated carbocycles. The summed E-state index contributed by atoms with van der Waals surface area (Å²) < 4.78 is 5.81. The second-order valence-electron chi connectivity index (χ2n) is 6.70. The molecule has 1 amide bonds. The van der Waals surface area contributed by atoms with Crippen LogP contribution in [0, 0.1) is 6.92 Å². The van der Waals surface area contributed by atoms with Crippen molar-refractivity contribution in [3.8, 4) is 0 Å². The highest BCUT2D eigenvalue weighted by Gasteiger charge is 2.33. The van der Waals surface area contributed by atoms with E-state index in [1.165, 1.54) is 0 Å². The molecule has 0 radical (unpaired) electrons. The molecule has 1 aromatic rings. The van der Waals surface area contributed by atoms with Gasteiger partial charge in [-0.25, -0.2) is 0 Å². The van der Waals surface area contributed by atoms with Gasteiger partial charge < -0.3 is 9.64 Å². The summed E-state index contributed by atoms with van der Waals surface area (Å²) in [5, 5.41) is 2.01. The number of carbonyl (C=O) groups is 1. The Morgan fingerprint density at radius 2 is 2.09 bits per heavy atom. The maximum atomic E-state index is 12.8. The summed E-state index contributed by atoms with van der Waals surface area (Å²) in [6.45, 7) is 10.1. The molecule has 0 unspecified atom stereocenters. The Balaban J connectivity index is 1.66. The Morgan fingerprint density at radius 3 is 2.73 bits per heavy atom. The van der Waals surface area contributed by atoms with E-state index < -0.39 is 0 Å². The molecule has 2 aliphatic heterocycles. The van der Waals surface area contributed by atoms with Gasteiger partial charge in [0.1, 0.15) is 0 Å². The molecule has 0 aromatic carbocycles. The third-order valence-electron chi connectivity index (χ3n) is 4.66. The number of carbonyl (C=O) groups excluding carboxylic acids is 1. The van der Waals surface area contributed by atoms with E-state index in [1.807, 2.05) is 18.4 Å². The third-order valence-corrected chi connectivity index (χ3v) is 5.66. The van der Waals surface area contributed by atoms with E-state index >= 15 is 0 Å². The molecule has 2 saturated heterocycles. The van der Waals surface area contributed by atoms with Crippen LogP contribution in [0.3, 0.4) is 0 Å². The number of hydrogen-bond donors (Lipinski definition) is 0. The van der Waals surface area contributed by atoms with Crippen LogP contribution in [0.15, 0.2) is 11.4 Å². The van der Waals surface area contributed by atoms with E-state index in [9.17, 15) is 4.79 Å². The fraction of sp³-hybridized carbons (Fsp3) is 0.706. The molecule has 5 heteroatoms. The number of likely N-dealkylation sites (tertiary alicyclic amines) is 1. The number of ether oxygens (including phenoxy) is 1. The average Bonchev–Trinajstić information content (AvgIpc) is 3.06. The third kappa shape index (κ3) is 3.36. The SMILES string of the molecule is Cc1ccsc1C(=O)N1CCC[C@H]1CN1C[C@@H](C)O[C@@H](C)C1. The highest BCUT2D eigenvalue weighted by atomic mass is 32.1.